The molecule has 1 amide bonds. The number of aliphatic hydroxyl groups excluding tert-OH is 1. The summed E-state index contributed by atoms with van der Waals surface area (Å²) in [6, 6.07) is 12.1. The van der Waals surface area contributed by atoms with Gasteiger partial charge in [0.05, 0.1) is 24.8 Å². The molecule has 34 heavy (non-hydrogen) atoms. The largest absolute Gasteiger partial charge is 0.507 e. The molecule has 178 valence electrons. The molecule has 2 aromatic carbocycles. The van der Waals surface area contributed by atoms with Crippen LogP contribution in [0.2, 0.25) is 0 Å². The van der Waals surface area contributed by atoms with Crippen LogP contribution in [-0.2, 0) is 14.3 Å². The van der Waals surface area contributed by atoms with Crippen molar-refractivity contribution in [3.8, 4) is 11.5 Å². The van der Waals surface area contributed by atoms with Crippen LogP contribution < -0.4 is 9.47 Å². The Hall–Kier alpha value is -3.36. The van der Waals surface area contributed by atoms with Crippen LogP contribution in [0.3, 0.4) is 0 Å². The summed E-state index contributed by atoms with van der Waals surface area (Å²) in [6.07, 6.45) is 0. The van der Waals surface area contributed by atoms with Gasteiger partial charge in [0.2, 0.25) is 0 Å². The van der Waals surface area contributed by atoms with Gasteiger partial charge in [0.1, 0.15) is 19.0 Å². The molecular weight excluding hydrogens is 436 g/mol. The van der Waals surface area contributed by atoms with Crippen molar-refractivity contribution in [1.82, 2.24) is 9.80 Å². The molecule has 2 aromatic rings. The van der Waals surface area contributed by atoms with Crippen LogP contribution in [0.4, 0.5) is 0 Å². The number of aryl methyl sites for hydroxylation is 1. The van der Waals surface area contributed by atoms with Crippen LogP contribution in [0, 0.1) is 6.92 Å². The van der Waals surface area contributed by atoms with Crippen molar-refractivity contribution in [2.24, 2.45) is 0 Å². The predicted octanol–water partition coefficient (Wildman–Crippen LogP) is 2.52. The second-order valence-corrected chi connectivity index (χ2v) is 8.72. The highest BCUT2D eigenvalue weighted by atomic mass is 16.6. The van der Waals surface area contributed by atoms with Gasteiger partial charge >= 0.3 is 0 Å². The molecule has 2 saturated heterocycles. The Balaban J connectivity index is 1.53. The van der Waals surface area contributed by atoms with Gasteiger partial charge in [0, 0.05) is 31.7 Å². The summed E-state index contributed by atoms with van der Waals surface area (Å²) >= 11 is 0. The predicted molar refractivity (Wildman–Crippen MR) is 125 cm³/mol. The minimum atomic E-state index is -0.681. The molecule has 2 fully saturated rings. The molecule has 8 nitrogen and oxygen atoms in total. The zero-order valence-corrected chi connectivity index (χ0v) is 19.2. The Morgan fingerprint density at radius 3 is 2.38 bits per heavy atom. The fraction of sp³-hybridized carbons (Fsp3) is 0.385. The van der Waals surface area contributed by atoms with E-state index in [1.807, 2.05) is 31.2 Å². The van der Waals surface area contributed by atoms with Crippen molar-refractivity contribution in [2.45, 2.75) is 13.0 Å². The first kappa shape index (κ1) is 22.4. The summed E-state index contributed by atoms with van der Waals surface area (Å²) in [7, 11) is 0. The Morgan fingerprint density at radius 2 is 1.65 bits per heavy atom. The zero-order valence-electron chi connectivity index (χ0n) is 19.2. The Labute approximate surface area is 198 Å². The molecule has 0 aliphatic carbocycles. The quantitative estimate of drug-likeness (QED) is 0.413. The van der Waals surface area contributed by atoms with Gasteiger partial charge < -0.3 is 24.2 Å². The Bertz CT molecular complexity index is 1120. The monoisotopic (exact) mass is 464 g/mol. The zero-order chi connectivity index (χ0) is 23.7. The maximum atomic E-state index is 13.2. The number of Topliss-reactive ketones (excluding diaryl/α,β-unsaturated/α-hetero) is 1. The minimum Gasteiger partial charge on any atom is -0.507 e. The minimum absolute atomic E-state index is 0.0903. The van der Waals surface area contributed by atoms with E-state index in [1.165, 1.54) is 0 Å². The number of ketones is 1. The van der Waals surface area contributed by atoms with Crippen LogP contribution in [0.25, 0.3) is 5.76 Å². The smallest absolute Gasteiger partial charge is 0.295 e. The van der Waals surface area contributed by atoms with E-state index in [-0.39, 0.29) is 11.3 Å². The number of nitrogens with zero attached hydrogens (tertiary/aromatic N) is 2. The van der Waals surface area contributed by atoms with Gasteiger partial charge in [-0.15, -0.1) is 0 Å². The molecule has 3 aliphatic rings. The molecule has 0 unspecified atom stereocenters. The molecule has 0 radical (unpaired) electrons. The third kappa shape index (κ3) is 4.26. The lowest BCUT2D eigenvalue weighted by molar-refractivity contribution is -0.140. The van der Waals surface area contributed by atoms with Gasteiger partial charge in [0.25, 0.3) is 11.7 Å². The highest BCUT2D eigenvalue weighted by Crippen LogP contribution is 2.41. The van der Waals surface area contributed by atoms with E-state index in [1.54, 1.807) is 23.1 Å². The normalized spacial score (nSPS) is 22.3. The molecule has 1 atom stereocenters. The highest BCUT2D eigenvalue weighted by Gasteiger charge is 2.46. The average Bonchev–Trinajstić information content (AvgIpc) is 3.12. The fourth-order valence-corrected chi connectivity index (χ4v) is 4.63. The fourth-order valence-electron chi connectivity index (χ4n) is 4.63. The van der Waals surface area contributed by atoms with E-state index >= 15 is 0 Å². The van der Waals surface area contributed by atoms with Crippen LogP contribution in [0.15, 0.2) is 48.0 Å². The summed E-state index contributed by atoms with van der Waals surface area (Å²) in [5.74, 6) is -0.403. The number of benzene rings is 2. The molecule has 1 N–H and O–H groups in total. The van der Waals surface area contributed by atoms with Gasteiger partial charge in [-0.2, -0.15) is 0 Å². The summed E-state index contributed by atoms with van der Waals surface area (Å²) in [4.78, 5) is 30.2. The van der Waals surface area contributed by atoms with Gasteiger partial charge in [-0.3, -0.25) is 14.5 Å². The van der Waals surface area contributed by atoms with Gasteiger partial charge in [-0.25, -0.2) is 0 Å². The highest BCUT2D eigenvalue weighted by molar-refractivity contribution is 6.46. The number of hydrogen-bond acceptors (Lipinski definition) is 7. The van der Waals surface area contributed by atoms with Crippen molar-refractivity contribution in [3.05, 3.63) is 64.7 Å². The molecule has 0 aromatic heterocycles. The van der Waals surface area contributed by atoms with Crippen LogP contribution in [0.1, 0.15) is 22.7 Å². The lowest BCUT2D eigenvalue weighted by Gasteiger charge is -2.31. The number of ether oxygens (including phenoxy) is 3. The molecule has 8 heteroatoms. The van der Waals surface area contributed by atoms with E-state index < -0.39 is 17.7 Å². The number of carbonyl (C=O) groups is 2. The first-order valence-electron chi connectivity index (χ1n) is 11.6. The second kappa shape index (κ2) is 9.48. The van der Waals surface area contributed by atoms with Crippen molar-refractivity contribution in [1.29, 1.82) is 0 Å². The molecule has 0 bridgehead atoms. The maximum Gasteiger partial charge on any atom is 0.295 e. The number of aliphatic hydroxyl groups is 1. The number of likely N-dealkylation sites (tertiary alicyclic amines) is 1. The van der Waals surface area contributed by atoms with Crippen molar-refractivity contribution >= 4 is 17.4 Å². The van der Waals surface area contributed by atoms with Gasteiger partial charge in [-0.1, -0.05) is 29.8 Å². The lowest BCUT2D eigenvalue weighted by atomic mass is 9.94. The summed E-state index contributed by atoms with van der Waals surface area (Å²) in [5.41, 5.74) is 2.35. The van der Waals surface area contributed by atoms with E-state index in [9.17, 15) is 14.7 Å². The average molecular weight is 465 g/mol. The third-order valence-corrected chi connectivity index (χ3v) is 6.51. The third-order valence-electron chi connectivity index (χ3n) is 6.51. The molecule has 0 saturated carbocycles. The number of amides is 1. The molecule has 3 aliphatic heterocycles. The number of hydrogen-bond donors (Lipinski definition) is 1. The van der Waals surface area contributed by atoms with E-state index in [0.717, 1.165) is 24.2 Å². The number of morpholine rings is 1. The van der Waals surface area contributed by atoms with Crippen LogP contribution >= 0.6 is 0 Å². The topological polar surface area (TPSA) is 88.5 Å². The van der Waals surface area contributed by atoms with E-state index in [4.69, 9.17) is 14.2 Å². The first-order valence-corrected chi connectivity index (χ1v) is 11.6. The Kier molecular flexibility index (Phi) is 6.26. The van der Waals surface area contributed by atoms with Gasteiger partial charge in [0.15, 0.2) is 11.5 Å². The van der Waals surface area contributed by atoms with Crippen molar-refractivity contribution in [3.63, 3.8) is 0 Å². The van der Waals surface area contributed by atoms with Crippen LogP contribution in [-0.4, -0.2) is 79.2 Å². The Morgan fingerprint density at radius 1 is 0.941 bits per heavy atom. The number of fused-ring (bicyclic) bond motifs is 1. The van der Waals surface area contributed by atoms with Crippen molar-refractivity contribution in [2.75, 3.05) is 52.6 Å². The molecule has 3 heterocycles. The first-order chi connectivity index (χ1) is 16.5. The maximum absolute atomic E-state index is 13.2. The molecule has 5 rings (SSSR count). The summed E-state index contributed by atoms with van der Waals surface area (Å²) < 4.78 is 16.6. The van der Waals surface area contributed by atoms with Crippen LogP contribution in [0.5, 0.6) is 11.5 Å². The number of carbonyl (C=O) groups excluding carboxylic acids is 2. The van der Waals surface area contributed by atoms with E-state index in [0.29, 0.717) is 56.6 Å². The number of rotatable bonds is 5. The van der Waals surface area contributed by atoms with Crippen molar-refractivity contribution < 1.29 is 28.9 Å². The summed E-state index contributed by atoms with van der Waals surface area (Å²) in [6.45, 7) is 6.74. The second-order valence-electron chi connectivity index (χ2n) is 8.72. The molecule has 0 spiro atoms. The van der Waals surface area contributed by atoms with E-state index in [2.05, 4.69) is 4.90 Å². The lowest BCUT2D eigenvalue weighted by Crippen LogP contribution is -2.42. The standard InChI is InChI=1S/C26H28N2O6/c1-17-2-4-18(5-3-17)23-22(24(29)19-6-7-20-21(16-19)34-15-14-33-20)25(30)26(31)28(23)9-8-27-10-12-32-13-11-27/h2-7,16,23,29H,8-15H2,1H3/t23-/m0/s1. The molecular formula is C26H28N2O6. The SMILES string of the molecule is Cc1ccc([C@H]2C(=C(O)c3ccc4c(c3)OCCO4)C(=O)C(=O)N2CCN2CCOCC2)cc1. The summed E-state index contributed by atoms with van der Waals surface area (Å²) in [5, 5.41) is 11.3. The van der Waals surface area contributed by atoms with Gasteiger partial charge in [-0.05, 0) is 30.7 Å².